The van der Waals surface area contributed by atoms with Gasteiger partial charge in [0.05, 0.1) is 25.0 Å². The molecule has 0 bridgehead atoms. The van der Waals surface area contributed by atoms with E-state index in [0.29, 0.717) is 11.3 Å². The highest BCUT2D eigenvalue weighted by molar-refractivity contribution is 6.03. The van der Waals surface area contributed by atoms with Gasteiger partial charge < -0.3 is 19.5 Å². The number of rotatable bonds is 8. The van der Waals surface area contributed by atoms with Gasteiger partial charge in [0.15, 0.2) is 0 Å². The number of methoxy groups -OCH3 is 2. The number of benzene rings is 2. The van der Waals surface area contributed by atoms with Crippen LogP contribution in [0.5, 0.6) is 11.5 Å². The average molecular weight is 395 g/mol. The van der Waals surface area contributed by atoms with Crippen LogP contribution in [0.3, 0.4) is 0 Å². The van der Waals surface area contributed by atoms with Crippen LogP contribution in [-0.4, -0.2) is 33.3 Å². The molecule has 28 heavy (non-hydrogen) atoms. The maximum absolute atomic E-state index is 13.0. The highest BCUT2D eigenvalue weighted by Gasteiger charge is 2.31. The number of amides is 1. The molecule has 0 aliphatic rings. The second kappa shape index (κ2) is 9.80. The number of halogens is 3. The molecule has 1 amide bonds. The van der Waals surface area contributed by atoms with Crippen LogP contribution in [0.2, 0.25) is 0 Å². The van der Waals surface area contributed by atoms with Gasteiger partial charge in [-0.05, 0) is 30.3 Å². The minimum atomic E-state index is -4.54. The number of para-hydroxylation sites is 1. The first-order valence-electron chi connectivity index (χ1n) is 8.30. The number of hydrogen-bond acceptors (Lipinski definition) is 4. The van der Waals surface area contributed by atoms with Gasteiger partial charge >= 0.3 is 6.18 Å². The van der Waals surface area contributed by atoms with Crippen molar-refractivity contribution in [3.63, 3.8) is 0 Å². The number of hydrogen-bond donors (Lipinski definition) is 1. The summed E-state index contributed by atoms with van der Waals surface area (Å²) in [7, 11) is 2.97. The van der Waals surface area contributed by atoms with Gasteiger partial charge in [0.25, 0.3) is 0 Å². The highest BCUT2D eigenvalue weighted by atomic mass is 19.4. The number of nitrogens with one attached hydrogen (secondary N) is 1. The molecule has 1 N–H and O–H groups in total. The number of carbonyl (C=O) groups is 1. The zero-order chi connectivity index (χ0) is 20.6. The van der Waals surface area contributed by atoms with E-state index in [1.54, 1.807) is 24.3 Å². The van der Waals surface area contributed by atoms with E-state index in [1.165, 1.54) is 26.4 Å². The Labute approximate surface area is 160 Å². The molecular weight excluding hydrogens is 375 g/mol. The molecule has 0 fully saturated rings. The van der Waals surface area contributed by atoms with Crippen molar-refractivity contribution in [2.45, 2.75) is 6.18 Å². The van der Waals surface area contributed by atoms with Gasteiger partial charge in [-0.3, -0.25) is 4.79 Å². The lowest BCUT2D eigenvalue weighted by Crippen LogP contribution is -2.13. The molecule has 2 aromatic rings. The van der Waals surface area contributed by atoms with Crippen molar-refractivity contribution < 1.29 is 32.2 Å². The summed E-state index contributed by atoms with van der Waals surface area (Å²) in [4.78, 5) is 12.2. The Morgan fingerprint density at radius 2 is 1.82 bits per heavy atom. The van der Waals surface area contributed by atoms with E-state index in [1.807, 2.05) is 0 Å². The molecule has 0 heterocycles. The number of anilines is 1. The molecule has 150 valence electrons. The summed E-state index contributed by atoms with van der Waals surface area (Å²) in [6.07, 6.45) is -1.83. The third-order valence-corrected chi connectivity index (χ3v) is 3.66. The van der Waals surface area contributed by atoms with Gasteiger partial charge in [0, 0.05) is 18.7 Å². The minimum absolute atomic E-state index is 0.0828. The maximum Gasteiger partial charge on any atom is 0.416 e. The lowest BCUT2D eigenvalue weighted by molar-refractivity contribution is -0.137. The van der Waals surface area contributed by atoms with Crippen LogP contribution >= 0.6 is 0 Å². The van der Waals surface area contributed by atoms with Gasteiger partial charge in [-0.1, -0.05) is 18.2 Å². The normalized spacial score (nSPS) is 11.5. The van der Waals surface area contributed by atoms with E-state index in [2.05, 4.69) is 5.32 Å². The molecule has 0 aromatic heterocycles. The van der Waals surface area contributed by atoms with Crippen molar-refractivity contribution in [3.05, 3.63) is 59.7 Å². The second-order valence-electron chi connectivity index (χ2n) is 5.61. The molecule has 0 saturated carbocycles. The molecular formula is C20H20F3NO4. The summed E-state index contributed by atoms with van der Waals surface area (Å²) in [6, 6.07) is 9.91. The largest absolute Gasteiger partial charge is 0.496 e. The van der Waals surface area contributed by atoms with E-state index in [9.17, 15) is 18.0 Å². The predicted molar refractivity (Wildman–Crippen MR) is 99.5 cm³/mol. The molecule has 0 unspecified atom stereocenters. The van der Waals surface area contributed by atoms with Gasteiger partial charge in [-0.2, -0.15) is 13.2 Å². The standard InChI is InChI=1S/C20H20F3NO4/c1-26-11-12-28-18-9-8-15(20(21,22)23)13-16(18)24-19(25)10-7-14-5-3-4-6-17(14)27-2/h3-10,13H,11-12H2,1-2H3,(H,24,25). The fourth-order valence-corrected chi connectivity index (χ4v) is 2.31. The summed E-state index contributed by atoms with van der Waals surface area (Å²) in [5, 5.41) is 2.43. The zero-order valence-electron chi connectivity index (χ0n) is 15.4. The Morgan fingerprint density at radius 1 is 1.07 bits per heavy atom. The number of carbonyl (C=O) groups excluding carboxylic acids is 1. The van der Waals surface area contributed by atoms with E-state index >= 15 is 0 Å². The maximum atomic E-state index is 13.0. The molecule has 5 nitrogen and oxygen atoms in total. The third kappa shape index (κ3) is 6.02. The fourth-order valence-electron chi connectivity index (χ4n) is 2.31. The summed E-state index contributed by atoms with van der Waals surface area (Å²) in [5.41, 5.74) is -0.322. The first-order valence-corrected chi connectivity index (χ1v) is 8.30. The van der Waals surface area contributed by atoms with Gasteiger partial charge in [-0.15, -0.1) is 0 Å². The van der Waals surface area contributed by atoms with E-state index < -0.39 is 17.6 Å². The summed E-state index contributed by atoms with van der Waals surface area (Å²) < 4.78 is 54.4. The van der Waals surface area contributed by atoms with Crippen molar-refractivity contribution in [1.29, 1.82) is 0 Å². The predicted octanol–water partition coefficient (Wildman–Crippen LogP) is 4.39. The van der Waals surface area contributed by atoms with Crippen molar-refractivity contribution in [2.24, 2.45) is 0 Å². The van der Waals surface area contributed by atoms with Crippen LogP contribution in [0.1, 0.15) is 11.1 Å². The SMILES string of the molecule is COCCOc1ccc(C(F)(F)F)cc1NC(=O)C=Cc1ccccc1OC. The monoisotopic (exact) mass is 395 g/mol. The van der Waals surface area contributed by atoms with E-state index in [0.717, 1.165) is 18.2 Å². The van der Waals surface area contributed by atoms with Crippen LogP contribution in [0.25, 0.3) is 6.08 Å². The van der Waals surface area contributed by atoms with E-state index in [4.69, 9.17) is 14.2 Å². The van der Waals surface area contributed by atoms with Crippen LogP contribution in [0.15, 0.2) is 48.5 Å². The smallest absolute Gasteiger partial charge is 0.416 e. The summed E-state index contributed by atoms with van der Waals surface area (Å²) in [6.45, 7) is 0.379. The molecule has 0 atom stereocenters. The Hall–Kier alpha value is -3.00. The van der Waals surface area contributed by atoms with Gasteiger partial charge in [-0.25, -0.2) is 0 Å². The molecule has 0 spiro atoms. The number of ether oxygens (including phenoxy) is 3. The van der Waals surface area contributed by atoms with Crippen molar-refractivity contribution in [2.75, 3.05) is 32.8 Å². The Bertz CT molecular complexity index is 834. The lowest BCUT2D eigenvalue weighted by atomic mass is 10.1. The number of alkyl halides is 3. The quantitative estimate of drug-likeness (QED) is 0.532. The van der Waals surface area contributed by atoms with Gasteiger partial charge in [0.2, 0.25) is 5.91 Å². The first kappa shape index (κ1) is 21.3. The molecule has 0 aliphatic carbocycles. The lowest BCUT2D eigenvalue weighted by Gasteiger charge is -2.14. The molecule has 2 aromatic carbocycles. The molecule has 0 radical (unpaired) electrons. The van der Waals surface area contributed by atoms with Crippen LogP contribution in [-0.2, 0) is 15.7 Å². The van der Waals surface area contributed by atoms with Crippen LogP contribution < -0.4 is 14.8 Å². The van der Waals surface area contributed by atoms with Gasteiger partial charge in [0.1, 0.15) is 18.1 Å². The summed E-state index contributed by atoms with van der Waals surface area (Å²) in [5.74, 6) is 0.0696. The third-order valence-electron chi connectivity index (χ3n) is 3.66. The van der Waals surface area contributed by atoms with E-state index in [-0.39, 0.29) is 24.7 Å². The minimum Gasteiger partial charge on any atom is -0.496 e. The van der Waals surface area contributed by atoms with Crippen LogP contribution in [0, 0.1) is 0 Å². The molecule has 0 aliphatic heterocycles. The summed E-state index contributed by atoms with van der Waals surface area (Å²) >= 11 is 0. The Morgan fingerprint density at radius 3 is 2.50 bits per heavy atom. The van der Waals surface area contributed by atoms with Crippen molar-refractivity contribution in [1.82, 2.24) is 0 Å². The van der Waals surface area contributed by atoms with Crippen molar-refractivity contribution >= 4 is 17.7 Å². The van der Waals surface area contributed by atoms with Crippen LogP contribution in [0.4, 0.5) is 18.9 Å². The zero-order valence-corrected chi connectivity index (χ0v) is 15.4. The average Bonchev–Trinajstić information content (AvgIpc) is 2.67. The molecule has 8 heteroatoms. The fraction of sp³-hybridized carbons (Fsp3) is 0.250. The topological polar surface area (TPSA) is 56.8 Å². The highest BCUT2D eigenvalue weighted by Crippen LogP contribution is 2.35. The molecule has 2 rings (SSSR count). The Kier molecular flexibility index (Phi) is 7.45. The second-order valence-corrected chi connectivity index (χ2v) is 5.61. The molecule has 0 saturated heterocycles. The van der Waals surface area contributed by atoms with Crippen molar-refractivity contribution in [3.8, 4) is 11.5 Å². The first-order chi connectivity index (χ1) is 13.3. The Balaban J connectivity index is 2.21.